The van der Waals surface area contributed by atoms with Crippen LogP contribution in [-0.2, 0) is 4.74 Å². The van der Waals surface area contributed by atoms with E-state index >= 15 is 0 Å². The minimum atomic E-state index is -0.373. The van der Waals surface area contributed by atoms with E-state index in [0.29, 0.717) is 23.5 Å². The van der Waals surface area contributed by atoms with Gasteiger partial charge in [-0.25, -0.2) is 4.79 Å². The number of carbonyl (C=O) groups excluding carboxylic acids is 1. The Bertz CT molecular complexity index is 538. The number of benzene rings is 1. The SMILES string of the molecule is CCOC(=O)c1cc(N)ccc1Nc1ccsc1. The maximum Gasteiger partial charge on any atom is 0.340 e. The van der Waals surface area contributed by atoms with Crippen molar-refractivity contribution in [3.05, 3.63) is 40.6 Å². The molecule has 0 unspecified atom stereocenters. The number of nitrogens with one attached hydrogen (secondary N) is 1. The zero-order valence-electron chi connectivity index (χ0n) is 9.97. The van der Waals surface area contributed by atoms with Gasteiger partial charge < -0.3 is 15.8 Å². The Kier molecular flexibility index (Phi) is 3.84. The Morgan fingerprint density at radius 1 is 1.44 bits per heavy atom. The van der Waals surface area contributed by atoms with Gasteiger partial charge in [0.25, 0.3) is 0 Å². The number of hydrogen-bond acceptors (Lipinski definition) is 5. The van der Waals surface area contributed by atoms with Crippen LogP contribution in [0.25, 0.3) is 0 Å². The zero-order valence-corrected chi connectivity index (χ0v) is 10.8. The van der Waals surface area contributed by atoms with Gasteiger partial charge in [-0.15, -0.1) is 0 Å². The number of esters is 1. The van der Waals surface area contributed by atoms with Gasteiger partial charge in [0.2, 0.25) is 0 Å². The molecule has 2 aromatic rings. The second-order valence-electron chi connectivity index (χ2n) is 3.66. The van der Waals surface area contributed by atoms with E-state index < -0.39 is 0 Å². The third-order valence-electron chi connectivity index (χ3n) is 2.34. The molecule has 0 radical (unpaired) electrons. The van der Waals surface area contributed by atoms with E-state index in [-0.39, 0.29) is 5.97 Å². The molecule has 1 aromatic heterocycles. The van der Waals surface area contributed by atoms with Crippen LogP contribution in [0.4, 0.5) is 17.1 Å². The van der Waals surface area contributed by atoms with Crippen molar-refractivity contribution < 1.29 is 9.53 Å². The lowest BCUT2D eigenvalue weighted by atomic mass is 10.1. The highest BCUT2D eigenvalue weighted by molar-refractivity contribution is 7.08. The van der Waals surface area contributed by atoms with Gasteiger partial charge in [0.1, 0.15) is 0 Å². The second kappa shape index (κ2) is 5.55. The Morgan fingerprint density at radius 3 is 2.94 bits per heavy atom. The molecular weight excluding hydrogens is 248 g/mol. The van der Waals surface area contributed by atoms with E-state index in [1.165, 1.54) is 0 Å². The summed E-state index contributed by atoms with van der Waals surface area (Å²) in [7, 11) is 0. The summed E-state index contributed by atoms with van der Waals surface area (Å²) in [5.74, 6) is -0.373. The molecule has 0 saturated heterocycles. The minimum Gasteiger partial charge on any atom is -0.462 e. The molecule has 0 bridgehead atoms. The number of ether oxygens (including phenoxy) is 1. The number of anilines is 3. The molecule has 3 N–H and O–H groups in total. The van der Waals surface area contributed by atoms with Crippen molar-refractivity contribution in [1.82, 2.24) is 0 Å². The van der Waals surface area contributed by atoms with Crippen molar-refractivity contribution in [1.29, 1.82) is 0 Å². The Hall–Kier alpha value is -2.01. The number of rotatable bonds is 4. The molecule has 0 aliphatic heterocycles. The first-order valence-electron chi connectivity index (χ1n) is 5.56. The maximum absolute atomic E-state index is 11.8. The van der Waals surface area contributed by atoms with E-state index in [9.17, 15) is 4.79 Å². The quantitative estimate of drug-likeness (QED) is 0.655. The third kappa shape index (κ3) is 2.81. The fourth-order valence-corrected chi connectivity index (χ4v) is 2.13. The standard InChI is InChI=1S/C13H14N2O2S/c1-2-17-13(16)11-7-9(14)3-4-12(11)15-10-5-6-18-8-10/h3-8,15H,2,14H2,1H3. The van der Waals surface area contributed by atoms with E-state index in [1.807, 2.05) is 16.8 Å². The van der Waals surface area contributed by atoms with Crippen molar-refractivity contribution >= 4 is 34.4 Å². The van der Waals surface area contributed by atoms with Crippen LogP contribution >= 0.6 is 11.3 Å². The fourth-order valence-electron chi connectivity index (χ4n) is 1.54. The highest BCUT2D eigenvalue weighted by Gasteiger charge is 2.13. The molecule has 0 aliphatic rings. The van der Waals surface area contributed by atoms with Crippen molar-refractivity contribution in [3.63, 3.8) is 0 Å². The summed E-state index contributed by atoms with van der Waals surface area (Å²) in [5.41, 5.74) is 8.32. The third-order valence-corrected chi connectivity index (χ3v) is 3.02. The maximum atomic E-state index is 11.8. The first-order chi connectivity index (χ1) is 8.70. The number of hydrogen-bond donors (Lipinski definition) is 2. The van der Waals surface area contributed by atoms with Crippen molar-refractivity contribution in [3.8, 4) is 0 Å². The molecule has 4 nitrogen and oxygen atoms in total. The topological polar surface area (TPSA) is 64.3 Å². The van der Waals surface area contributed by atoms with Crippen molar-refractivity contribution in [2.24, 2.45) is 0 Å². The van der Waals surface area contributed by atoms with Crippen molar-refractivity contribution in [2.75, 3.05) is 17.7 Å². The van der Waals surface area contributed by atoms with Crippen LogP contribution in [-0.4, -0.2) is 12.6 Å². The molecular formula is C13H14N2O2S. The highest BCUT2D eigenvalue weighted by atomic mass is 32.1. The molecule has 5 heteroatoms. The normalized spacial score (nSPS) is 10.1. The van der Waals surface area contributed by atoms with E-state index in [4.69, 9.17) is 10.5 Å². The Labute approximate surface area is 109 Å². The predicted molar refractivity (Wildman–Crippen MR) is 74.4 cm³/mol. The summed E-state index contributed by atoms with van der Waals surface area (Å²) in [5, 5.41) is 7.10. The molecule has 18 heavy (non-hydrogen) atoms. The average molecular weight is 262 g/mol. The smallest absolute Gasteiger partial charge is 0.340 e. The van der Waals surface area contributed by atoms with E-state index in [2.05, 4.69) is 5.32 Å². The van der Waals surface area contributed by atoms with Gasteiger partial charge in [-0.05, 0) is 36.6 Å². The van der Waals surface area contributed by atoms with E-state index in [1.54, 1.807) is 36.5 Å². The molecule has 0 aliphatic carbocycles. The zero-order chi connectivity index (χ0) is 13.0. The predicted octanol–water partition coefficient (Wildman–Crippen LogP) is 3.25. The summed E-state index contributed by atoms with van der Waals surface area (Å²) in [6.07, 6.45) is 0. The summed E-state index contributed by atoms with van der Waals surface area (Å²) < 4.78 is 5.01. The van der Waals surface area contributed by atoms with Crippen LogP contribution in [0.2, 0.25) is 0 Å². The monoisotopic (exact) mass is 262 g/mol. The summed E-state index contributed by atoms with van der Waals surface area (Å²) in [4.78, 5) is 11.8. The lowest BCUT2D eigenvalue weighted by Crippen LogP contribution is -2.08. The molecule has 0 amide bonds. The van der Waals surface area contributed by atoms with Gasteiger partial charge >= 0.3 is 5.97 Å². The molecule has 94 valence electrons. The van der Waals surface area contributed by atoms with Gasteiger partial charge in [0, 0.05) is 16.8 Å². The summed E-state index contributed by atoms with van der Waals surface area (Å²) in [6.45, 7) is 2.11. The lowest BCUT2D eigenvalue weighted by Gasteiger charge is -2.11. The highest BCUT2D eigenvalue weighted by Crippen LogP contribution is 2.25. The number of nitrogen functional groups attached to an aromatic ring is 1. The van der Waals surface area contributed by atoms with Crippen molar-refractivity contribution in [2.45, 2.75) is 6.92 Å². The molecule has 1 heterocycles. The van der Waals surface area contributed by atoms with Crippen LogP contribution in [0, 0.1) is 0 Å². The first-order valence-corrected chi connectivity index (χ1v) is 6.51. The van der Waals surface area contributed by atoms with E-state index in [0.717, 1.165) is 5.69 Å². The van der Waals surface area contributed by atoms with Gasteiger partial charge in [0.05, 0.1) is 17.9 Å². The number of nitrogens with two attached hydrogens (primary N) is 1. The van der Waals surface area contributed by atoms with Gasteiger partial charge in [-0.2, -0.15) is 11.3 Å². The minimum absolute atomic E-state index is 0.339. The number of thiophene rings is 1. The van der Waals surface area contributed by atoms with Crippen LogP contribution in [0.1, 0.15) is 17.3 Å². The largest absolute Gasteiger partial charge is 0.462 e. The molecule has 0 atom stereocenters. The lowest BCUT2D eigenvalue weighted by molar-refractivity contribution is 0.0527. The summed E-state index contributed by atoms with van der Waals surface area (Å²) in [6, 6.07) is 7.08. The molecule has 2 rings (SSSR count). The first kappa shape index (κ1) is 12.4. The number of carbonyl (C=O) groups is 1. The van der Waals surface area contributed by atoms with Gasteiger partial charge in [0.15, 0.2) is 0 Å². The van der Waals surface area contributed by atoms with Crippen LogP contribution in [0.3, 0.4) is 0 Å². The average Bonchev–Trinajstić information content (AvgIpc) is 2.84. The van der Waals surface area contributed by atoms with Gasteiger partial charge in [-0.3, -0.25) is 0 Å². The van der Waals surface area contributed by atoms with Gasteiger partial charge in [-0.1, -0.05) is 0 Å². The molecule has 0 fully saturated rings. The second-order valence-corrected chi connectivity index (χ2v) is 4.44. The van der Waals surface area contributed by atoms with Crippen LogP contribution in [0.15, 0.2) is 35.0 Å². The molecule has 0 spiro atoms. The summed E-state index contributed by atoms with van der Waals surface area (Å²) >= 11 is 1.58. The molecule has 0 saturated carbocycles. The Morgan fingerprint density at radius 2 is 2.28 bits per heavy atom. The van der Waals surface area contributed by atoms with Crippen LogP contribution < -0.4 is 11.1 Å². The molecule has 1 aromatic carbocycles. The van der Waals surface area contributed by atoms with Crippen LogP contribution in [0.5, 0.6) is 0 Å². The fraction of sp³-hybridized carbons (Fsp3) is 0.154. The Balaban J connectivity index is 2.31.